The van der Waals surface area contributed by atoms with Crippen molar-refractivity contribution in [3.05, 3.63) is 0 Å². The number of hydrogen-bond donors (Lipinski definition) is 2. The normalized spacial score (nSPS) is 26.6. The second-order valence-electron chi connectivity index (χ2n) is 4.71. The van der Waals surface area contributed by atoms with Gasteiger partial charge in [-0.2, -0.15) is 0 Å². The molecule has 0 aromatic heterocycles. The summed E-state index contributed by atoms with van der Waals surface area (Å²) in [5.74, 6) is 0.163. The predicted molar refractivity (Wildman–Crippen MR) is 51.4 cm³/mol. The molecule has 0 bridgehead atoms. The van der Waals surface area contributed by atoms with Crippen molar-refractivity contribution in [2.24, 2.45) is 0 Å². The summed E-state index contributed by atoms with van der Waals surface area (Å²) < 4.78 is 0. The Balaban J connectivity index is 1.74. The lowest BCUT2D eigenvalue weighted by Crippen LogP contribution is -2.47. The second-order valence-corrected chi connectivity index (χ2v) is 4.71. The van der Waals surface area contributed by atoms with Gasteiger partial charge in [0.05, 0.1) is 6.04 Å². The zero-order valence-corrected chi connectivity index (χ0v) is 8.39. The number of amides is 1. The lowest BCUT2D eigenvalue weighted by molar-refractivity contribution is -0.123. The van der Waals surface area contributed by atoms with Crippen LogP contribution in [0.15, 0.2) is 0 Å². The van der Waals surface area contributed by atoms with Gasteiger partial charge in [0, 0.05) is 11.6 Å². The molecule has 2 aliphatic rings. The van der Waals surface area contributed by atoms with E-state index < -0.39 is 0 Å². The Morgan fingerprint density at radius 1 is 1.46 bits per heavy atom. The van der Waals surface area contributed by atoms with Crippen LogP contribution in [-0.4, -0.2) is 23.5 Å². The van der Waals surface area contributed by atoms with Gasteiger partial charge in [-0.05, 0) is 39.5 Å². The van der Waals surface area contributed by atoms with Gasteiger partial charge in [0.15, 0.2) is 0 Å². The molecule has 1 atom stereocenters. The van der Waals surface area contributed by atoms with Crippen molar-refractivity contribution in [1.82, 2.24) is 10.6 Å². The first-order chi connectivity index (χ1) is 6.09. The molecular formula is C10H18N2O. The summed E-state index contributed by atoms with van der Waals surface area (Å²) in [5.41, 5.74) is 0.250. The molecule has 0 aromatic carbocycles. The van der Waals surface area contributed by atoms with Crippen molar-refractivity contribution in [2.75, 3.05) is 0 Å². The Kier molecular flexibility index (Phi) is 2.06. The smallest absolute Gasteiger partial charge is 0.237 e. The van der Waals surface area contributed by atoms with Crippen LogP contribution in [0, 0.1) is 0 Å². The Morgan fingerprint density at radius 2 is 2.08 bits per heavy atom. The van der Waals surface area contributed by atoms with Gasteiger partial charge in [-0.25, -0.2) is 0 Å². The lowest BCUT2D eigenvalue weighted by atomic mass is 10.2. The fourth-order valence-corrected chi connectivity index (χ4v) is 1.47. The van der Waals surface area contributed by atoms with Gasteiger partial charge in [-0.1, -0.05) is 0 Å². The van der Waals surface area contributed by atoms with Crippen LogP contribution < -0.4 is 10.6 Å². The molecule has 0 aromatic rings. The summed E-state index contributed by atoms with van der Waals surface area (Å²) in [4.78, 5) is 11.5. The molecule has 74 valence electrons. The number of rotatable bonds is 4. The predicted octanol–water partition coefficient (Wildman–Crippen LogP) is 0.796. The van der Waals surface area contributed by atoms with E-state index in [1.165, 1.54) is 12.8 Å². The van der Waals surface area contributed by atoms with E-state index in [9.17, 15) is 4.79 Å². The van der Waals surface area contributed by atoms with Gasteiger partial charge in [0.1, 0.15) is 0 Å². The van der Waals surface area contributed by atoms with Crippen LogP contribution in [0.1, 0.15) is 39.5 Å². The summed E-state index contributed by atoms with van der Waals surface area (Å²) in [6.45, 7) is 4.12. The molecular weight excluding hydrogens is 164 g/mol. The first-order valence-corrected chi connectivity index (χ1v) is 5.17. The molecule has 13 heavy (non-hydrogen) atoms. The van der Waals surface area contributed by atoms with Crippen LogP contribution in [-0.2, 0) is 4.79 Å². The molecule has 1 amide bonds. The third kappa shape index (κ3) is 2.44. The van der Waals surface area contributed by atoms with Crippen molar-refractivity contribution < 1.29 is 4.79 Å². The van der Waals surface area contributed by atoms with Gasteiger partial charge < -0.3 is 10.6 Å². The largest absolute Gasteiger partial charge is 0.352 e. The summed E-state index contributed by atoms with van der Waals surface area (Å²) in [5, 5.41) is 6.35. The molecule has 0 aliphatic heterocycles. The molecule has 2 aliphatic carbocycles. The maximum absolute atomic E-state index is 11.5. The van der Waals surface area contributed by atoms with Crippen LogP contribution in [0.4, 0.5) is 0 Å². The topological polar surface area (TPSA) is 41.1 Å². The Hall–Kier alpha value is -0.570. The van der Waals surface area contributed by atoms with Gasteiger partial charge in [0.25, 0.3) is 0 Å². The minimum Gasteiger partial charge on any atom is -0.352 e. The van der Waals surface area contributed by atoms with Gasteiger partial charge in [-0.15, -0.1) is 0 Å². The molecule has 2 saturated carbocycles. The Labute approximate surface area is 79.3 Å². The van der Waals surface area contributed by atoms with Crippen LogP contribution in [0.25, 0.3) is 0 Å². The monoisotopic (exact) mass is 182 g/mol. The van der Waals surface area contributed by atoms with Crippen molar-refractivity contribution >= 4 is 5.91 Å². The molecule has 2 rings (SSSR count). The summed E-state index contributed by atoms with van der Waals surface area (Å²) in [6.07, 6.45) is 4.73. The first-order valence-electron chi connectivity index (χ1n) is 5.17. The second kappa shape index (κ2) is 2.98. The minimum atomic E-state index is -0.0342. The minimum absolute atomic E-state index is 0.0342. The maximum Gasteiger partial charge on any atom is 0.237 e. The molecule has 2 N–H and O–H groups in total. The Morgan fingerprint density at radius 3 is 2.54 bits per heavy atom. The average Bonchev–Trinajstić information content (AvgIpc) is 2.91. The number of carbonyl (C=O) groups excluding carboxylic acids is 1. The van der Waals surface area contributed by atoms with Crippen molar-refractivity contribution in [1.29, 1.82) is 0 Å². The van der Waals surface area contributed by atoms with E-state index in [0.717, 1.165) is 12.8 Å². The highest BCUT2D eigenvalue weighted by molar-refractivity contribution is 5.82. The van der Waals surface area contributed by atoms with Crippen molar-refractivity contribution in [2.45, 2.75) is 57.2 Å². The zero-order chi connectivity index (χ0) is 9.47. The molecule has 1 unspecified atom stereocenters. The van der Waals surface area contributed by atoms with E-state index in [4.69, 9.17) is 0 Å². The van der Waals surface area contributed by atoms with Gasteiger partial charge in [0.2, 0.25) is 5.91 Å². The number of hydrogen-bond acceptors (Lipinski definition) is 2. The quantitative estimate of drug-likeness (QED) is 0.675. The average molecular weight is 182 g/mol. The van der Waals surface area contributed by atoms with Crippen molar-refractivity contribution in [3.8, 4) is 0 Å². The fourth-order valence-electron chi connectivity index (χ4n) is 1.47. The summed E-state index contributed by atoms with van der Waals surface area (Å²) in [7, 11) is 0. The van der Waals surface area contributed by atoms with Crippen LogP contribution in [0.2, 0.25) is 0 Å². The van der Waals surface area contributed by atoms with Crippen LogP contribution in [0.3, 0.4) is 0 Å². The molecule has 3 heteroatoms. The third-order valence-corrected chi connectivity index (χ3v) is 2.88. The van der Waals surface area contributed by atoms with E-state index >= 15 is 0 Å². The highest BCUT2D eigenvalue weighted by atomic mass is 16.2. The molecule has 2 fully saturated rings. The van der Waals surface area contributed by atoms with Crippen molar-refractivity contribution in [3.63, 3.8) is 0 Å². The lowest BCUT2D eigenvalue weighted by Gasteiger charge is -2.18. The van der Waals surface area contributed by atoms with E-state index in [1.807, 2.05) is 6.92 Å². The molecule has 3 nitrogen and oxygen atoms in total. The van der Waals surface area contributed by atoms with E-state index in [1.54, 1.807) is 0 Å². The summed E-state index contributed by atoms with van der Waals surface area (Å²) >= 11 is 0. The third-order valence-electron chi connectivity index (χ3n) is 2.88. The highest BCUT2D eigenvalue weighted by Gasteiger charge is 2.39. The maximum atomic E-state index is 11.5. The highest BCUT2D eigenvalue weighted by Crippen LogP contribution is 2.34. The molecule has 0 heterocycles. The van der Waals surface area contributed by atoms with E-state index in [-0.39, 0.29) is 17.5 Å². The van der Waals surface area contributed by atoms with Crippen LogP contribution in [0.5, 0.6) is 0 Å². The van der Waals surface area contributed by atoms with E-state index in [0.29, 0.717) is 6.04 Å². The van der Waals surface area contributed by atoms with Crippen LogP contribution >= 0.6 is 0 Å². The Bertz CT molecular complexity index is 219. The standard InChI is InChI=1S/C10H18N2O/c1-7(12-10(2)5-6-10)9(13)11-8-3-4-8/h7-8,12H,3-6H2,1-2H3,(H,11,13). The first kappa shape index (κ1) is 9.00. The van der Waals surface area contributed by atoms with Gasteiger partial charge >= 0.3 is 0 Å². The SMILES string of the molecule is CC(NC1(C)CC1)C(=O)NC1CC1. The zero-order valence-electron chi connectivity index (χ0n) is 8.39. The van der Waals surface area contributed by atoms with E-state index in [2.05, 4.69) is 17.6 Å². The summed E-state index contributed by atoms with van der Waals surface area (Å²) in [6, 6.07) is 0.442. The number of carbonyl (C=O) groups is 1. The van der Waals surface area contributed by atoms with Gasteiger partial charge in [-0.3, -0.25) is 4.79 Å². The molecule has 0 radical (unpaired) electrons. The molecule has 0 spiro atoms. The fraction of sp³-hybridized carbons (Fsp3) is 0.900. The molecule has 0 saturated heterocycles. The number of nitrogens with one attached hydrogen (secondary N) is 2.